The van der Waals surface area contributed by atoms with Crippen LogP contribution in [-0.2, 0) is 6.54 Å². The largest absolute Gasteiger partial charge is 0.347 e. The van der Waals surface area contributed by atoms with Crippen LogP contribution in [0.4, 0.5) is 0 Å². The van der Waals surface area contributed by atoms with Gasteiger partial charge in [0.1, 0.15) is 0 Å². The van der Waals surface area contributed by atoms with Gasteiger partial charge in [-0.1, -0.05) is 56.3 Å². The summed E-state index contributed by atoms with van der Waals surface area (Å²) in [6.07, 6.45) is 5.00. The molecule has 0 N–H and O–H groups in total. The molecule has 4 heteroatoms. The van der Waals surface area contributed by atoms with Crippen molar-refractivity contribution < 1.29 is 0 Å². The molecule has 3 nitrogen and oxygen atoms in total. The van der Waals surface area contributed by atoms with Crippen molar-refractivity contribution in [1.82, 2.24) is 13.2 Å². The van der Waals surface area contributed by atoms with Crippen molar-refractivity contribution in [3.63, 3.8) is 0 Å². The van der Waals surface area contributed by atoms with E-state index in [4.69, 9.17) is 0 Å². The molecule has 2 aromatic carbocycles. The molecule has 4 rings (SSSR count). The van der Waals surface area contributed by atoms with Gasteiger partial charge >= 0.3 is 0 Å². The van der Waals surface area contributed by atoms with Crippen molar-refractivity contribution in [3.8, 4) is 11.1 Å². The summed E-state index contributed by atoms with van der Waals surface area (Å²) in [5.74, 6) is 1.24. The topological polar surface area (TPSA) is 11.4 Å². The Morgan fingerprint density at radius 3 is 2.59 bits per heavy atom. The van der Waals surface area contributed by atoms with Crippen LogP contribution in [0.15, 0.2) is 54.7 Å². The molecule has 0 bridgehead atoms. The predicted octanol–water partition coefficient (Wildman–Crippen LogP) is 6.27. The summed E-state index contributed by atoms with van der Waals surface area (Å²) in [5.41, 5.74) is 5.51. The maximum atomic E-state index is 2.53. The van der Waals surface area contributed by atoms with Gasteiger partial charge < -0.3 is 4.57 Å². The van der Waals surface area contributed by atoms with Crippen molar-refractivity contribution in [2.45, 2.75) is 39.2 Å². The van der Waals surface area contributed by atoms with Crippen LogP contribution in [0, 0.1) is 5.92 Å². The summed E-state index contributed by atoms with van der Waals surface area (Å²) >= 11 is 1.86. The Morgan fingerprint density at radius 1 is 1.07 bits per heavy atom. The molecule has 0 aliphatic carbocycles. The first kappa shape index (κ1) is 20.5. The van der Waals surface area contributed by atoms with Crippen molar-refractivity contribution in [2.24, 2.45) is 5.92 Å². The predicted molar refractivity (Wildman–Crippen MR) is 127 cm³/mol. The summed E-state index contributed by atoms with van der Waals surface area (Å²) < 4.78 is 7.23. The second-order valence-electron chi connectivity index (χ2n) is 8.85. The molecule has 0 amide bonds. The summed E-state index contributed by atoms with van der Waals surface area (Å²) in [6, 6.07) is 17.8. The molecule has 1 fully saturated rings. The number of fused-ring (bicyclic) bond motifs is 1. The average Bonchev–Trinajstić information content (AvgIpc) is 3.05. The smallest absolute Gasteiger partial charge is 0.0489 e. The Balaban J connectivity index is 1.72. The maximum absolute atomic E-state index is 2.53. The molecule has 2 heterocycles. The summed E-state index contributed by atoms with van der Waals surface area (Å²) in [4.78, 5) is 0. The highest BCUT2D eigenvalue weighted by molar-refractivity contribution is 7.94. The number of nitrogens with zero attached hydrogens (tertiary/aromatic N) is 3. The normalized spacial score (nSPS) is 18.2. The first-order chi connectivity index (χ1) is 14.0. The molecule has 29 heavy (non-hydrogen) atoms. The number of hydrogen-bond donors (Lipinski definition) is 0. The van der Waals surface area contributed by atoms with Crippen LogP contribution in [0.5, 0.6) is 0 Å². The Hall–Kier alpha value is -1.75. The molecule has 1 atom stereocenters. The van der Waals surface area contributed by atoms with E-state index in [0.29, 0.717) is 11.8 Å². The third-order valence-electron chi connectivity index (χ3n) is 5.68. The zero-order chi connectivity index (χ0) is 20.4. The van der Waals surface area contributed by atoms with Gasteiger partial charge in [-0.15, -0.1) is 0 Å². The molecule has 0 saturated carbocycles. The van der Waals surface area contributed by atoms with E-state index in [0.717, 1.165) is 13.1 Å². The van der Waals surface area contributed by atoms with Gasteiger partial charge in [-0.2, -0.15) is 0 Å². The van der Waals surface area contributed by atoms with Gasteiger partial charge in [-0.05, 0) is 61.5 Å². The molecule has 0 radical (unpaired) electrons. The third kappa shape index (κ3) is 4.71. The van der Waals surface area contributed by atoms with Gasteiger partial charge in [-0.3, -0.25) is 0 Å². The van der Waals surface area contributed by atoms with E-state index in [-0.39, 0.29) is 0 Å². The zero-order valence-electron chi connectivity index (χ0n) is 18.1. The van der Waals surface area contributed by atoms with E-state index in [2.05, 4.69) is 95.8 Å². The lowest BCUT2D eigenvalue weighted by Gasteiger charge is -2.32. The van der Waals surface area contributed by atoms with Crippen LogP contribution in [0.1, 0.15) is 38.2 Å². The SMILES string of the molecule is CC(C)Cn1cc(C2CCCN(SN(C)C)C2)c2ccc(-c3ccccc3)cc21. The summed E-state index contributed by atoms with van der Waals surface area (Å²) in [6.45, 7) is 8.00. The van der Waals surface area contributed by atoms with Gasteiger partial charge in [0, 0.05) is 48.9 Å². The van der Waals surface area contributed by atoms with Crippen LogP contribution in [0.25, 0.3) is 22.0 Å². The van der Waals surface area contributed by atoms with E-state index in [1.807, 2.05) is 12.1 Å². The zero-order valence-corrected chi connectivity index (χ0v) is 19.0. The van der Waals surface area contributed by atoms with Gasteiger partial charge in [-0.25, -0.2) is 8.61 Å². The van der Waals surface area contributed by atoms with Crippen LogP contribution in [-0.4, -0.2) is 40.4 Å². The number of hydrogen-bond acceptors (Lipinski definition) is 3. The molecular formula is C25H33N3S. The van der Waals surface area contributed by atoms with Crippen LogP contribution >= 0.6 is 12.1 Å². The Morgan fingerprint density at radius 2 is 1.86 bits per heavy atom. The van der Waals surface area contributed by atoms with Crippen molar-refractivity contribution in [1.29, 1.82) is 0 Å². The maximum Gasteiger partial charge on any atom is 0.0489 e. The molecule has 1 aliphatic rings. The second kappa shape index (κ2) is 8.95. The Bertz CT molecular complexity index is 945. The standard InChI is InChI=1S/C25H33N3S/c1-19(2)16-27-18-24(22-11-8-14-28(17-22)29-26(3)4)23-13-12-21(15-25(23)27)20-9-6-5-7-10-20/h5-7,9-10,12-13,15,18-19,22H,8,11,14,16-17H2,1-4H3. The van der Waals surface area contributed by atoms with E-state index in [9.17, 15) is 0 Å². The lowest BCUT2D eigenvalue weighted by molar-refractivity contribution is 0.335. The number of rotatable bonds is 6. The highest BCUT2D eigenvalue weighted by atomic mass is 32.2. The monoisotopic (exact) mass is 407 g/mol. The molecule has 1 aromatic heterocycles. The first-order valence-electron chi connectivity index (χ1n) is 10.8. The average molecular weight is 408 g/mol. The Kier molecular flexibility index (Phi) is 6.33. The third-order valence-corrected chi connectivity index (χ3v) is 6.57. The quantitative estimate of drug-likeness (QED) is 0.447. The van der Waals surface area contributed by atoms with Gasteiger partial charge in [0.15, 0.2) is 0 Å². The molecule has 1 aliphatic heterocycles. The first-order valence-corrected chi connectivity index (χ1v) is 11.5. The van der Waals surface area contributed by atoms with Gasteiger partial charge in [0.2, 0.25) is 0 Å². The van der Waals surface area contributed by atoms with Crippen LogP contribution < -0.4 is 0 Å². The van der Waals surface area contributed by atoms with Crippen molar-refractivity contribution in [2.75, 3.05) is 27.2 Å². The van der Waals surface area contributed by atoms with Crippen LogP contribution in [0.3, 0.4) is 0 Å². The highest BCUT2D eigenvalue weighted by Gasteiger charge is 2.25. The highest BCUT2D eigenvalue weighted by Crippen LogP contribution is 2.37. The van der Waals surface area contributed by atoms with Crippen molar-refractivity contribution >= 4 is 23.0 Å². The van der Waals surface area contributed by atoms with Crippen LogP contribution in [0.2, 0.25) is 0 Å². The van der Waals surface area contributed by atoms with Gasteiger partial charge in [0.05, 0.1) is 0 Å². The molecule has 1 unspecified atom stereocenters. The van der Waals surface area contributed by atoms with E-state index >= 15 is 0 Å². The number of benzene rings is 2. The fourth-order valence-electron chi connectivity index (χ4n) is 4.50. The number of piperidine rings is 1. The molecule has 3 aromatic rings. The molecule has 154 valence electrons. The minimum atomic E-state index is 0.606. The molecule has 1 saturated heterocycles. The fraction of sp³-hybridized carbons (Fsp3) is 0.440. The second-order valence-corrected chi connectivity index (χ2v) is 10.3. The summed E-state index contributed by atoms with van der Waals surface area (Å²) in [5, 5.41) is 1.44. The Labute approximate surface area is 180 Å². The van der Waals surface area contributed by atoms with E-state index in [1.54, 1.807) is 0 Å². The minimum absolute atomic E-state index is 0.606. The van der Waals surface area contributed by atoms with Gasteiger partial charge in [0.25, 0.3) is 0 Å². The lowest BCUT2D eigenvalue weighted by atomic mass is 9.91. The van der Waals surface area contributed by atoms with E-state index < -0.39 is 0 Å². The fourth-order valence-corrected chi connectivity index (χ4v) is 5.42. The van der Waals surface area contributed by atoms with E-state index in [1.165, 1.54) is 47.0 Å². The van der Waals surface area contributed by atoms with Crippen molar-refractivity contribution in [3.05, 3.63) is 60.3 Å². The number of aromatic nitrogens is 1. The minimum Gasteiger partial charge on any atom is -0.347 e. The summed E-state index contributed by atoms with van der Waals surface area (Å²) in [7, 11) is 4.27. The lowest BCUT2D eigenvalue weighted by Crippen LogP contribution is -2.31. The molecular weight excluding hydrogens is 374 g/mol. The molecule has 0 spiro atoms.